The van der Waals surface area contributed by atoms with Crippen LogP contribution in [-0.4, -0.2) is 52.4 Å². The molecular weight excluding hydrogens is 274 g/mol. The molecule has 0 heterocycles. The highest BCUT2D eigenvalue weighted by molar-refractivity contribution is 5.97. The highest BCUT2D eigenvalue weighted by Gasteiger charge is 2.17. The fourth-order valence-electron chi connectivity index (χ4n) is 1.62. The summed E-state index contributed by atoms with van der Waals surface area (Å²) in [5, 5.41) is 38.9. The Kier molecular flexibility index (Phi) is 6.74. The molecule has 0 unspecified atom stereocenters. The number of amides is 1. The second-order valence-corrected chi connectivity index (χ2v) is 4.10. The van der Waals surface area contributed by atoms with Crippen LogP contribution in [0.2, 0.25) is 0 Å². The summed E-state index contributed by atoms with van der Waals surface area (Å²) in [6.45, 7) is -0.454. The Bertz CT molecular complexity index is 545. The van der Waals surface area contributed by atoms with Crippen LogP contribution >= 0.6 is 0 Å². The van der Waals surface area contributed by atoms with E-state index in [1.807, 2.05) is 0 Å². The van der Waals surface area contributed by atoms with Gasteiger partial charge in [0.25, 0.3) is 5.91 Å². The molecule has 0 fully saturated rings. The van der Waals surface area contributed by atoms with Gasteiger partial charge in [-0.1, -0.05) is 6.07 Å². The Morgan fingerprint density at radius 3 is 2.52 bits per heavy atom. The first kappa shape index (κ1) is 16.5. The van der Waals surface area contributed by atoms with Gasteiger partial charge in [0, 0.05) is 31.0 Å². The van der Waals surface area contributed by atoms with Crippen LogP contribution in [0.1, 0.15) is 0 Å². The summed E-state index contributed by atoms with van der Waals surface area (Å²) in [5.41, 5.74) is 0.353. The third-order valence-corrected chi connectivity index (χ3v) is 2.61. The van der Waals surface area contributed by atoms with Crippen LogP contribution in [0.3, 0.4) is 0 Å². The predicted octanol–water partition coefficient (Wildman–Crippen LogP) is 0.0248. The van der Waals surface area contributed by atoms with E-state index in [1.54, 1.807) is 18.2 Å². The molecule has 7 heteroatoms. The van der Waals surface area contributed by atoms with Gasteiger partial charge in [-0.15, -0.1) is 0 Å². The molecule has 1 aromatic rings. The second-order valence-electron chi connectivity index (χ2n) is 4.10. The Labute approximate surface area is 122 Å². The molecule has 0 saturated carbocycles. The molecule has 1 amide bonds. The van der Waals surface area contributed by atoms with Crippen molar-refractivity contribution in [2.45, 2.75) is 0 Å². The summed E-state index contributed by atoms with van der Waals surface area (Å²) in [5.74, 6) is -0.534. The average molecular weight is 291 g/mol. The minimum Gasteiger partial charge on any atom is -0.508 e. The molecule has 0 radical (unpaired) electrons. The van der Waals surface area contributed by atoms with Gasteiger partial charge in [0.2, 0.25) is 0 Å². The highest BCUT2D eigenvalue weighted by atomic mass is 16.3. The standard InChI is InChI=1S/C14H17N3O4/c15-9-11(14(21)17(4-6-18)5-7-19)10-16-12-2-1-3-13(20)8-12/h1-3,8,10,16,18-20H,4-7H2/b11-10-. The van der Waals surface area contributed by atoms with E-state index in [1.165, 1.54) is 23.2 Å². The molecule has 112 valence electrons. The monoisotopic (exact) mass is 291 g/mol. The number of carbonyl (C=O) groups is 1. The van der Waals surface area contributed by atoms with Gasteiger partial charge in [0.05, 0.1) is 13.2 Å². The maximum absolute atomic E-state index is 12.1. The quantitative estimate of drug-likeness (QED) is 0.416. The third kappa shape index (κ3) is 5.14. The normalized spacial score (nSPS) is 10.8. The first-order chi connectivity index (χ1) is 10.1. The lowest BCUT2D eigenvalue weighted by Gasteiger charge is -2.20. The minimum absolute atomic E-state index is 0.0323. The van der Waals surface area contributed by atoms with Gasteiger partial charge in [-0.3, -0.25) is 4.79 Å². The number of anilines is 1. The van der Waals surface area contributed by atoms with Gasteiger partial charge in [0.15, 0.2) is 0 Å². The molecule has 7 nitrogen and oxygen atoms in total. The number of phenolic OH excluding ortho intramolecular Hbond substituents is 1. The van der Waals surface area contributed by atoms with E-state index >= 15 is 0 Å². The lowest BCUT2D eigenvalue weighted by molar-refractivity contribution is -0.127. The number of hydrogen-bond acceptors (Lipinski definition) is 6. The zero-order valence-electron chi connectivity index (χ0n) is 11.4. The number of nitriles is 1. The molecule has 0 aliphatic heterocycles. The van der Waals surface area contributed by atoms with E-state index in [2.05, 4.69) is 5.32 Å². The number of hydrogen-bond donors (Lipinski definition) is 4. The van der Waals surface area contributed by atoms with Crippen LogP contribution in [0, 0.1) is 11.3 Å². The van der Waals surface area contributed by atoms with Crippen LogP contribution in [0.15, 0.2) is 36.0 Å². The fourth-order valence-corrected chi connectivity index (χ4v) is 1.62. The van der Waals surface area contributed by atoms with Gasteiger partial charge in [-0.25, -0.2) is 0 Å². The summed E-state index contributed by atoms with van der Waals surface area (Å²) in [6, 6.07) is 7.98. The van der Waals surface area contributed by atoms with E-state index in [4.69, 9.17) is 15.5 Å². The molecular formula is C14H17N3O4. The van der Waals surface area contributed by atoms with Crippen molar-refractivity contribution >= 4 is 11.6 Å². The second kappa shape index (κ2) is 8.58. The SMILES string of the molecule is N#C/C(=C/Nc1cccc(O)c1)C(=O)N(CCO)CCO. The van der Waals surface area contributed by atoms with E-state index < -0.39 is 5.91 Å². The summed E-state index contributed by atoms with van der Waals surface area (Å²) in [4.78, 5) is 13.2. The van der Waals surface area contributed by atoms with E-state index in [0.29, 0.717) is 5.69 Å². The number of nitrogens with one attached hydrogen (secondary N) is 1. The zero-order chi connectivity index (χ0) is 15.7. The molecule has 1 rings (SSSR count). The summed E-state index contributed by atoms with van der Waals surface area (Å²) < 4.78 is 0. The highest BCUT2D eigenvalue weighted by Crippen LogP contribution is 2.15. The number of nitrogens with zero attached hydrogens (tertiary/aromatic N) is 2. The lowest BCUT2D eigenvalue weighted by atomic mass is 10.2. The fraction of sp³-hybridized carbons (Fsp3) is 0.286. The van der Waals surface area contributed by atoms with E-state index in [9.17, 15) is 9.90 Å². The third-order valence-electron chi connectivity index (χ3n) is 2.61. The van der Waals surface area contributed by atoms with Crippen molar-refractivity contribution < 1.29 is 20.1 Å². The molecule has 0 saturated heterocycles. The van der Waals surface area contributed by atoms with Gasteiger partial charge in [-0.05, 0) is 12.1 Å². The Morgan fingerprint density at radius 2 is 2.00 bits per heavy atom. The van der Waals surface area contributed by atoms with Crippen molar-refractivity contribution in [2.24, 2.45) is 0 Å². The minimum atomic E-state index is -0.590. The summed E-state index contributed by atoms with van der Waals surface area (Å²) >= 11 is 0. The molecule has 1 aromatic carbocycles. The van der Waals surface area contributed by atoms with E-state index in [-0.39, 0.29) is 37.6 Å². The Balaban J connectivity index is 2.83. The van der Waals surface area contributed by atoms with Crippen molar-refractivity contribution in [3.63, 3.8) is 0 Å². The maximum atomic E-state index is 12.1. The first-order valence-electron chi connectivity index (χ1n) is 6.29. The molecule has 0 spiro atoms. The van der Waals surface area contributed by atoms with Crippen LogP contribution < -0.4 is 5.32 Å². The van der Waals surface area contributed by atoms with Gasteiger partial charge in [-0.2, -0.15) is 5.26 Å². The Morgan fingerprint density at radius 1 is 1.33 bits per heavy atom. The number of aliphatic hydroxyl groups is 2. The van der Waals surface area contributed by atoms with Crippen LogP contribution in [0.4, 0.5) is 5.69 Å². The molecule has 0 aliphatic carbocycles. The summed E-state index contributed by atoms with van der Waals surface area (Å²) in [7, 11) is 0. The van der Waals surface area contributed by atoms with E-state index in [0.717, 1.165) is 0 Å². The topological polar surface area (TPSA) is 117 Å². The Hall–Kier alpha value is -2.56. The number of carbonyl (C=O) groups excluding carboxylic acids is 1. The van der Waals surface area contributed by atoms with Gasteiger partial charge < -0.3 is 25.5 Å². The largest absolute Gasteiger partial charge is 0.508 e. The smallest absolute Gasteiger partial charge is 0.266 e. The predicted molar refractivity (Wildman–Crippen MR) is 76.2 cm³/mol. The molecule has 0 aromatic heterocycles. The number of rotatable bonds is 7. The molecule has 21 heavy (non-hydrogen) atoms. The molecule has 0 aliphatic rings. The van der Waals surface area contributed by atoms with Crippen molar-refractivity contribution in [3.8, 4) is 11.8 Å². The molecule has 4 N–H and O–H groups in total. The van der Waals surface area contributed by atoms with Crippen LogP contribution in [-0.2, 0) is 4.79 Å². The lowest BCUT2D eigenvalue weighted by Crippen LogP contribution is -2.36. The van der Waals surface area contributed by atoms with Crippen LogP contribution in [0.25, 0.3) is 0 Å². The number of phenols is 1. The maximum Gasteiger partial charge on any atom is 0.266 e. The summed E-state index contributed by atoms with van der Waals surface area (Å²) in [6.07, 6.45) is 1.22. The zero-order valence-corrected chi connectivity index (χ0v) is 11.4. The van der Waals surface area contributed by atoms with Crippen molar-refractivity contribution in [2.75, 3.05) is 31.6 Å². The van der Waals surface area contributed by atoms with Crippen molar-refractivity contribution in [1.29, 1.82) is 5.26 Å². The van der Waals surface area contributed by atoms with Crippen molar-refractivity contribution in [3.05, 3.63) is 36.0 Å². The number of aliphatic hydroxyl groups excluding tert-OH is 2. The van der Waals surface area contributed by atoms with Gasteiger partial charge >= 0.3 is 0 Å². The van der Waals surface area contributed by atoms with Gasteiger partial charge in [0.1, 0.15) is 17.4 Å². The average Bonchev–Trinajstić information content (AvgIpc) is 2.47. The number of benzene rings is 1. The molecule has 0 bridgehead atoms. The first-order valence-corrected chi connectivity index (χ1v) is 6.29. The number of aromatic hydroxyl groups is 1. The van der Waals surface area contributed by atoms with Crippen molar-refractivity contribution in [1.82, 2.24) is 4.90 Å². The molecule has 0 atom stereocenters. The van der Waals surface area contributed by atoms with Crippen LogP contribution in [0.5, 0.6) is 5.75 Å².